The second kappa shape index (κ2) is 21.9. The van der Waals surface area contributed by atoms with E-state index in [1.165, 1.54) is 38.5 Å². The van der Waals surface area contributed by atoms with Crippen molar-refractivity contribution in [2.75, 3.05) is 19.7 Å². The van der Waals surface area contributed by atoms with E-state index in [9.17, 15) is 0 Å². The van der Waals surface area contributed by atoms with E-state index in [-0.39, 0.29) is 6.61 Å². The van der Waals surface area contributed by atoms with E-state index in [2.05, 4.69) is 60.8 Å². The van der Waals surface area contributed by atoms with E-state index >= 15 is 0 Å². The molecule has 0 radical (unpaired) electrons. The highest BCUT2D eigenvalue weighted by atomic mass is 16.3. The third-order valence-electron chi connectivity index (χ3n) is 3.72. The Morgan fingerprint density at radius 3 is 1.62 bits per heavy atom. The SMILES string of the molecule is CCCCC/C=C\C/C=C\C/C=C\C/C=C\CCCCNCCO. The topological polar surface area (TPSA) is 32.3 Å². The zero-order valence-electron chi connectivity index (χ0n) is 15.8. The summed E-state index contributed by atoms with van der Waals surface area (Å²) >= 11 is 0. The lowest BCUT2D eigenvalue weighted by atomic mass is 10.2. The van der Waals surface area contributed by atoms with E-state index in [4.69, 9.17) is 5.11 Å². The molecule has 0 saturated heterocycles. The molecule has 0 aliphatic rings. The number of rotatable bonds is 17. The fourth-order valence-electron chi connectivity index (χ4n) is 2.28. The van der Waals surface area contributed by atoms with Crippen LogP contribution in [0.15, 0.2) is 48.6 Å². The first kappa shape index (κ1) is 22.9. The molecule has 24 heavy (non-hydrogen) atoms. The highest BCUT2D eigenvalue weighted by molar-refractivity contribution is 4.99. The number of unbranched alkanes of at least 4 members (excludes halogenated alkanes) is 5. The Balaban J connectivity index is 3.33. The van der Waals surface area contributed by atoms with E-state index in [0.29, 0.717) is 6.54 Å². The molecule has 2 N–H and O–H groups in total. The Hall–Kier alpha value is -1.12. The third-order valence-corrected chi connectivity index (χ3v) is 3.72. The molecule has 0 aromatic heterocycles. The van der Waals surface area contributed by atoms with Gasteiger partial charge in [0, 0.05) is 6.54 Å². The van der Waals surface area contributed by atoms with Gasteiger partial charge in [0.25, 0.3) is 0 Å². The van der Waals surface area contributed by atoms with Gasteiger partial charge in [0.1, 0.15) is 0 Å². The normalized spacial score (nSPS) is 12.6. The van der Waals surface area contributed by atoms with Crippen LogP contribution in [0.4, 0.5) is 0 Å². The Bertz CT molecular complexity index is 342. The van der Waals surface area contributed by atoms with Gasteiger partial charge in [-0.1, -0.05) is 68.4 Å². The van der Waals surface area contributed by atoms with Gasteiger partial charge in [0.2, 0.25) is 0 Å². The lowest BCUT2D eigenvalue weighted by molar-refractivity contribution is 0.292. The van der Waals surface area contributed by atoms with Crippen LogP contribution in [0.3, 0.4) is 0 Å². The van der Waals surface area contributed by atoms with Crippen LogP contribution in [0, 0.1) is 0 Å². The van der Waals surface area contributed by atoms with Gasteiger partial charge in [-0.25, -0.2) is 0 Å². The van der Waals surface area contributed by atoms with Gasteiger partial charge in [-0.15, -0.1) is 0 Å². The highest BCUT2D eigenvalue weighted by Gasteiger charge is 1.86. The fourth-order valence-corrected chi connectivity index (χ4v) is 2.28. The molecule has 0 aromatic carbocycles. The molecule has 0 aliphatic carbocycles. The first-order chi connectivity index (χ1) is 11.9. The zero-order chi connectivity index (χ0) is 17.6. The lowest BCUT2D eigenvalue weighted by Gasteiger charge is -2.00. The average molecular weight is 334 g/mol. The van der Waals surface area contributed by atoms with E-state index in [1.807, 2.05) is 0 Å². The minimum absolute atomic E-state index is 0.233. The van der Waals surface area contributed by atoms with Crippen molar-refractivity contribution in [1.82, 2.24) is 5.32 Å². The number of allylic oxidation sites excluding steroid dienone is 8. The maximum atomic E-state index is 8.63. The van der Waals surface area contributed by atoms with Crippen molar-refractivity contribution in [3.8, 4) is 0 Å². The molecule has 0 aromatic rings. The molecule has 2 nitrogen and oxygen atoms in total. The van der Waals surface area contributed by atoms with Gasteiger partial charge in [-0.2, -0.15) is 0 Å². The van der Waals surface area contributed by atoms with Crippen LogP contribution in [0.2, 0.25) is 0 Å². The van der Waals surface area contributed by atoms with E-state index < -0.39 is 0 Å². The molecule has 0 heterocycles. The van der Waals surface area contributed by atoms with Gasteiger partial charge in [-0.3, -0.25) is 0 Å². The van der Waals surface area contributed by atoms with Gasteiger partial charge >= 0.3 is 0 Å². The van der Waals surface area contributed by atoms with Gasteiger partial charge in [0.05, 0.1) is 6.61 Å². The van der Waals surface area contributed by atoms with Crippen molar-refractivity contribution in [3.63, 3.8) is 0 Å². The molecule has 0 bridgehead atoms. The summed E-state index contributed by atoms with van der Waals surface area (Å²) in [6, 6.07) is 0. The maximum absolute atomic E-state index is 8.63. The highest BCUT2D eigenvalue weighted by Crippen LogP contribution is 2.01. The molecule has 0 rings (SSSR count). The monoisotopic (exact) mass is 333 g/mol. The number of nitrogens with one attached hydrogen (secondary N) is 1. The molecule has 0 atom stereocenters. The molecule has 0 unspecified atom stereocenters. The number of aliphatic hydroxyl groups is 1. The molecule has 0 fully saturated rings. The molecule has 2 heteroatoms. The molecule has 0 saturated carbocycles. The Kier molecular flexibility index (Phi) is 20.9. The Labute approximate surface area is 150 Å². The Morgan fingerprint density at radius 2 is 1.12 bits per heavy atom. The van der Waals surface area contributed by atoms with Crippen LogP contribution in [0.1, 0.15) is 71.1 Å². The van der Waals surface area contributed by atoms with Crippen molar-refractivity contribution in [2.45, 2.75) is 71.1 Å². The summed E-state index contributed by atoms with van der Waals surface area (Å²) in [5.41, 5.74) is 0. The van der Waals surface area contributed by atoms with Crippen molar-refractivity contribution < 1.29 is 5.11 Å². The van der Waals surface area contributed by atoms with Gasteiger partial charge < -0.3 is 10.4 Å². The van der Waals surface area contributed by atoms with Crippen molar-refractivity contribution >= 4 is 0 Å². The Morgan fingerprint density at radius 1 is 0.625 bits per heavy atom. The number of aliphatic hydroxyl groups excluding tert-OH is 1. The summed E-state index contributed by atoms with van der Waals surface area (Å²) in [7, 11) is 0. The molecule has 138 valence electrons. The third kappa shape index (κ3) is 20.9. The lowest BCUT2D eigenvalue weighted by Crippen LogP contribution is -2.19. The van der Waals surface area contributed by atoms with Gasteiger partial charge in [0.15, 0.2) is 0 Å². The molecule has 0 spiro atoms. The van der Waals surface area contributed by atoms with Crippen LogP contribution in [-0.4, -0.2) is 24.8 Å². The van der Waals surface area contributed by atoms with Crippen molar-refractivity contribution in [1.29, 1.82) is 0 Å². The van der Waals surface area contributed by atoms with Crippen LogP contribution in [-0.2, 0) is 0 Å². The van der Waals surface area contributed by atoms with Crippen LogP contribution in [0.25, 0.3) is 0 Å². The first-order valence-electron chi connectivity index (χ1n) is 9.83. The maximum Gasteiger partial charge on any atom is 0.0555 e. The van der Waals surface area contributed by atoms with Crippen LogP contribution in [0.5, 0.6) is 0 Å². The predicted octanol–water partition coefficient (Wildman–Crippen LogP) is 5.71. The summed E-state index contributed by atoms with van der Waals surface area (Å²) in [6.45, 7) is 4.20. The fraction of sp³-hybridized carbons (Fsp3) is 0.636. The number of hydrogen-bond acceptors (Lipinski definition) is 2. The van der Waals surface area contributed by atoms with E-state index in [0.717, 1.165) is 32.2 Å². The summed E-state index contributed by atoms with van der Waals surface area (Å²) in [5.74, 6) is 0. The minimum Gasteiger partial charge on any atom is -0.395 e. The quantitative estimate of drug-likeness (QED) is 0.264. The van der Waals surface area contributed by atoms with Crippen LogP contribution < -0.4 is 5.32 Å². The predicted molar refractivity (Wildman–Crippen MR) is 108 cm³/mol. The van der Waals surface area contributed by atoms with Crippen LogP contribution >= 0.6 is 0 Å². The molecular weight excluding hydrogens is 294 g/mol. The molecular formula is C22H39NO. The zero-order valence-corrected chi connectivity index (χ0v) is 15.8. The summed E-state index contributed by atoms with van der Waals surface area (Å²) in [6.07, 6.45) is 30.0. The number of hydrogen-bond donors (Lipinski definition) is 2. The molecule has 0 aliphatic heterocycles. The molecule has 0 amide bonds. The standard InChI is InChI=1S/C22H39NO/c1-2-3-4-5-6-7-8-9-10-11-12-13-14-15-16-17-18-19-20-23-21-22-24/h6-7,9-10,12-13,15-16,23-24H,2-5,8,11,14,17-22H2,1H3/b7-6-,10-9-,13-12-,16-15-. The smallest absolute Gasteiger partial charge is 0.0555 e. The average Bonchev–Trinajstić information content (AvgIpc) is 2.60. The van der Waals surface area contributed by atoms with Crippen molar-refractivity contribution in [2.24, 2.45) is 0 Å². The minimum atomic E-state index is 0.233. The summed E-state index contributed by atoms with van der Waals surface area (Å²) in [5, 5.41) is 11.8. The second-order valence-electron chi connectivity index (χ2n) is 6.06. The van der Waals surface area contributed by atoms with E-state index in [1.54, 1.807) is 0 Å². The summed E-state index contributed by atoms with van der Waals surface area (Å²) < 4.78 is 0. The van der Waals surface area contributed by atoms with Crippen molar-refractivity contribution in [3.05, 3.63) is 48.6 Å². The van der Waals surface area contributed by atoms with Gasteiger partial charge in [-0.05, 0) is 57.9 Å². The second-order valence-corrected chi connectivity index (χ2v) is 6.06. The first-order valence-corrected chi connectivity index (χ1v) is 9.83. The summed E-state index contributed by atoms with van der Waals surface area (Å²) in [4.78, 5) is 0. The largest absolute Gasteiger partial charge is 0.395 e.